The molecule has 0 bridgehead atoms. The molecule has 0 unspecified atom stereocenters. The molecular formula is C9H13ClN2OS. The molecule has 1 aromatic rings. The third-order valence-electron chi connectivity index (χ3n) is 1.35. The lowest BCUT2D eigenvalue weighted by molar-refractivity contribution is 0.167. The van der Waals surface area contributed by atoms with Crippen LogP contribution in [-0.2, 0) is 4.74 Å². The predicted molar refractivity (Wildman–Crippen MR) is 61.2 cm³/mol. The first-order valence-electron chi connectivity index (χ1n) is 4.25. The average Bonchev–Trinajstić information content (AvgIpc) is 2.50. The minimum atomic E-state index is 0.528. The maximum absolute atomic E-state index is 5.66. The number of nitrogens with zero attached hydrogens (tertiary/aromatic N) is 1. The summed E-state index contributed by atoms with van der Waals surface area (Å²) in [5, 5.41) is 6.25. The van der Waals surface area contributed by atoms with Gasteiger partial charge in [0.1, 0.15) is 5.15 Å². The van der Waals surface area contributed by atoms with Crippen LogP contribution < -0.4 is 5.32 Å². The zero-order chi connectivity index (χ0) is 10.4. The normalized spacial score (nSPS) is 10.1. The Hall–Kier alpha value is -0.580. The highest BCUT2D eigenvalue weighted by atomic mass is 35.5. The van der Waals surface area contributed by atoms with E-state index in [0.29, 0.717) is 18.4 Å². The van der Waals surface area contributed by atoms with E-state index in [9.17, 15) is 0 Å². The van der Waals surface area contributed by atoms with E-state index < -0.39 is 0 Å². The fourth-order valence-corrected chi connectivity index (χ4v) is 1.68. The number of ether oxygens (including phenoxy) is 1. The predicted octanol–water partition coefficient (Wildman–Crippen LogP) is 2.80. The Labute approximate surface area is 92.8 Å². The molecule has 5 heteroatoms. The molecule has 0 saturated heterocycles. The molecule has 0 aliphatic rings. The molecule has 0 radical (unpaired) electrons. The van der Waals surface area contributed by atoms with Crippen LogP contribution >= 0.6 is 22.9 Å². The summed E-state index contributed by atoms with van der Waals surface area (Å²) in [4.78, 5) is 4.04. The highest BCUT2D eigenvalue weighted by Gasteiger charge is 1.97. The summed E-state index contributed by atoms with van der Waals surface area (Å²) in [6, 6.07) is 0. The van der Waals surface area contributed by atoms with Crippen LogP contribution in [0.15, 0.2) is 17.5 Å². The van der Waals surface area contributed by atoms with Crippen molar-refractivity contribution in [1.29, 1.82) is 0 Å². The number of aromatic nitrogens is 1. The van der Waals surface area contributed by atoms with E-state index in [-0.39, 0.29) is 0 Å². The third kappa shape index (κ3) is 4.60. The summed E-state index contributed by atoms with van der Waals surface area (Å²) in [6.07, 6.45) is 0. The zero-order valence-corrected chi connectivity index (χ0v) is 9.62. The molecule has 0 amide bonds. The Kier molecular flexibility index (Phi) is 4.93. The fourth-order valence-electron chi connectivity index (χ4n) is 0.812. The SMILES string of the molecule is C=C(C)COCCNc1nc(Cl)cs1. The molecule has 1 rings (SSSR count). The van der Waals surface area contributed by atoms with Gasteiger partial charge in [0.15, 0.2) is 5.13 Å². The van der Waals surface area contributed by atoms with Crippen LogP contribution in [0.25, 0.3) is 0 Å². The van der Waals surface area contributed by atoms with Gasteiger partial charge >= 0.3 is 0 Å². The fraction of sp³-hybridized carbons (Fsp3) is 0.444. The molecule has 0 atom stereocenters. The molecule has 0 fully saturated rings. The van der Waals surface area contributed by atoms with Crippen LogP contribution in [0.4, 0.5) is 5.13 Å². The van der Waals surface area contributed by atoms with Gasteiger partial charge in [-0.3, -0.25) is 0 Å². The van der Waals surface area contributed by atoms with Crippen LogP contribution in [0.3, 0.4) is 0 Å². The summed E-state index contributed by atoms with van der Waals surface area (Å²) in [5.74, 6) is 0. The van der Waals surface area contributed by atoms with Crippen molar-refractivity contribution >= 4 is 28.1 Å². The number of thiazole rings is 1. The lowest BCUT2D eigenvalue weighted by Crippen LogP contribution is -2.09. The van der Waals surface area contributed by atoms with Gasteiger partial charge in [-0.1, -0.05) is 23.8 Å². The second-order valence-corrected chi connectivity index (χ2v) is 4.16. The molecule has 1 heterocycles. The Morgan fingerprint density at radius 1 is 1.79 bits per heavy atom. The molecule has 1 aromatic heterocycles. The molecule has 1 N–H and O–H groups in total. The minimum Gasteiger partial charge on any atom is -0.375 e. The lowest BCUT2D eigenvalue weighted by Gasteiger charge is -2.03. The number of hydrogen-bond acceptors (Lipinski definition) is 4. The van der Waals surface area contributed by atoms with Crippen molar-refractivity contribution in [1.82, 2.24) is 4.98 Å². The van der Waals surface area contributed by atoms with Gasteiger partial charge in [0.05, 0.1) is 13.2 Å². The van der Waals surface area contributed by atoms with E-state index in [1.165, 1.54) is 11.3 Å². The molecule has 0 aliphatic carbocycles. The molecule has 78 valence electrons. The maximum Gasteiger partial charge on any atom is 0.184 e. The highest BCUT2D eigenvalue weighted by Crippen LogP contribution is 2.18. The summed E-state index contributed by atoms with van der Waals surface area (Å²) in [7, 11) is 0. The van der Waals surface area contributed by atoms with Gasteiger partial charge in [0.2, 0.25) is 0 Å². The van der Waals surface area contributed by atoms with Crippen molar-refractivity contribution < 1.29 is 4.74 Å². The van der Waals surface area contributed by atoms with Crippen LogP contribution in [0.2, 0.25) is 5.15 Å². The first kappa shape index (κ1) is 11.5. The van der Waals surface area contributed by atoms with E-state index >= 15 is 0 Å². The summed E-state index contributed by atoms with van der Waals surface area (Å²) >= 11 is 7.15. The summed E-state index contributed by atoms with van der Waals surface area (Å²) in [5.41, 5.74) is 1.03. The van der Waals surface area contributed by atoms with E-state index in [1.54, 1.807) is 5.38 Å². The van der Waals surface area contributed by atoms with E-state index in [2.05, 4.69) is 16.9 Å². The highest BCUT2D eigenvalue weighted by molar-refractivity contribution is 7.14. The standard InChI is InChI=1S/C9H13ClN2OS/c1-7(2)5-13-4-3-11-9-12-8(10)6-14-9/h6H,1,3-5H2,2H3,(H,11,12). The molecule has 0 saturated carbocycles. The van der Waals surface area contributed by atoms with Crippen molar-refractivity contribution in [2.45, 2.75) is 6.92 Å². The van der Waals surface area contributed by atoms with E-state index in [4.69, 9.17) is 16.3 Å². The van der Waals surface area contributed by atoms with Gasteiger partial charge in [-0.2, -0.15) is 0 Å². The Bertz CT molecular complexity index is 301. The lowest BCUT2D eigenvalue weighted by atomic mass is 10.4. The van der Waals surface area contributed by atoms with Crippen LogP contribution in [0.1, 0.15) is 6.92 Å². The summed E-state index contributed by atoms with van der Waals surface area (Å²) in [6.45, 7) is 7.67. The molecular weight excluding hydrogens is 220 g/mol. The number of rotatable bonds is 6. The van der Waals surface area contributed by atoms with Crippen molar-refractivity contribution in [2.75, 3.05) is 25.1 Å². The van der Waals surface area contributed by atoms with Crippen LogP contribution in [-0.4, -0.2) is 24.7 Å². The smallest absolute Gasteiger partial charge is 0.184 e. The van der Waals surface area contributed by atoms with Gasteiger partial charge < -0.3 is 10.1 Å². The van der Waals surface area contributed by atoms with Gasteiger partial charge in [0, 0.05) is 11.9 Å². The van der Waals surface area contributed by atoms with E-state index in [1.807, 2.05) is 6.92 Å². The van der Waals surface area contributed by atoms with Gasteiger partial charge in [0.25, 0.3) is 0 Å². The van der Waals surface area contributed by atoms with E-state index in [0.717, 1.165) is 17.2 Å². The first-order chi connectivity index (χ1) is 6.68. The summed E-state index contributed by atoms with van der Waals surface area (Å²) < 4.78 is 5.31. The molecule has 0 spiro atoms. The van der Waals surface area contributed by atoms with Gasteiger partial charge in [-0.05, 0) is 6.92 Å². The number of anilines is 1. The monoisotopic (exact) mass is 232 g/mol. The Morgan fingerprint density at radius 2 is 2.57 bits per heavy atom. The van der Waals surface area contributed by atoms with Crippen LogP contribution in [0.5, 0.6) is 0 Å². The molecule has 0 aromatic carbocycles. The Balaban J connectivity index is 2.07. The number of nitrogens with one attached hydrogen (secondary N) is 1. The van der Waals surface area contributed by atoms with Gasteiger partial charge in [-0.15, -0.1) is 11.3 Å². The van der Waals surface area contributed by atoms with Crippen LogP contribution in [0, 0.1) is 0 Å². The quantitative estimate of drug-likeness (QED) is 0.605. The van der Waals surface area contributed by atoms with Crippen molar-refractivity contribution in [3.05, 3.63) is 22.7 Å². The van der Waals surface area contributed by atoms with Crippen molar-refractivity contribution in [3.63, 3.8) is 0 Å². The number of halogens is 1. The molecule has 3 nitrogen and oxygen atoms in total. The molecule has 0 aliphatic heterocycles. The van der Waals surface area contributed by atoms with Crippen molar-refractivity contribution in [2.24, 2.45) is 0 Å². The third-order valence-corrected chi connectivity index (χ3v) is 2.47. The average molecular weight is 233 g/mol. The minimum absolute atomic E-state index is 0.528. The second kappa shape index (κ2) is 6.01. The van der Waals surface area contributed by atoms with Crippen molar-refractivity contribution in [3.8, 4) is 0 Å². The van der Waals surface area contributed by atoms with Gasteiger partial charge in [-0.25, -0.2) is 4.98 Å². The maximum atomic E-state index is 5.66. The largest absolute Gasteiger partial charge is 0.375 e. The molecule has 14 heavy (non-hydrogen) atoms. The number of hydrogen-bond donors (Lipinski definition) is 1. The zero-order valence-electron chi connectivity index (χ0n) is 8.05. The second-order valence-electron chi connectivity index (χ2n) is 2.91. The Morgan fingerprint density at radius 3 is 3.14 bits per heavy atom. The first-order valence-corrected chi connectivity index (χ1v) is 5.51. The topological polar surface area (TPSA) is 34.1 Å².